The summed E-state index contributed by atoms with van der Waals surface area (Å²) >= 11 is 0. The molecule has 0 aromatic heterocycles. The van der Waals surface area contributed by atoms with E-state index in [0.29, 0.717) is 0 Å². The van der Waals surface area contributed by atoms with Crippen molar-refractivity contribution in [1.82, 2.24) is 24.6 Å². The fourth-order valence-corrected chi connectivity index (χ4v) is 0.903. The van der Waals surface area contributed by atoms with Crippen molar-refractivity contribution in [3.05, 3.63) is 0 Å². The molecule has 0 amide bonds. The van der Waals surface area contributed by atoms with E-state index in [1.165, 1.54) is 0 Å². The van der Waals surface area contributed by atoms with E-state index in [1.807, 2.05) is 0 Å². The lowest BCUT2D eigenvalue weighted by Gasteiger charge is -2.23. The Morgan fingerprint density at radius 2 is 0.536 bits per heavy atom. The summed E-state index contributed by atoms with van der Waals surface area (Å²) in [6.45, 7) is 0. The van der Waals surface area contributed by atoms with E-state index in [2.05, 4.69) is 0 Å². The number of carbonyl (C=O) groups is 4. The first-order valence-electron chi connectivity index (χ1n) is 5.67. The van der Waals surface area contributed by atoms with Gasteiger partial charge >= 0.3 is 0 Å². The highest BCUT2D eigenvalue weighted by Crippen LogP contribution is 1.99. The smallest absolute Gasteiger partial charge is 0.122 e. The second-order valence-electron chi connectivity index (χ2n) is 4.04. The Morgan fingerprint density at radius 1 is 0.429 bits per heavy atom. The molecule has 18 heteroatoms. The molecule has 0 aliphatic rings. The lowest BCUT2D eigenvalue weighted by molar-refractivity contribution is -0.329. The van der Waals surface area contributed by atoms with Crippen LogP contribution < -0.4 is 45.0 Å². The van der Waals surface area contributed by atoms with Crippen molar-refractivity contribution in [2.45, 2.75) is 36.6 Å². The van der Waals surface area contributed by atoms with E-state index in [9.17, 15) is 39.6 Å². The van der Waals surface area contributed by atoms with Crippen molar-refractivity contribution in [3.63, 3.8) is 0 Å². The van der Waals surface area contributed by atoms with Crippen LogP contribution in [0.3, 0.4) is 0 Å². The zero-order valence-electron chi connectivity index (χ0n) is 15.4. The van der Waals surface area contributed by atoms with Gasteiger partial charge in [0, 0.05) is 0 Å². The van der Waals surface area contributed by atoms with Gasteiger partial charge in [0.15, 0.2) is 0 Å². The fourth-order valence-electron chi connectivity index (χ4n) is 0.903. The van der Waals surface area contributed by atoms with E-state index < -0.39 is 60.5 Å². The van der Waals surface area contributed by atoms with Gasteiger partial charge in [-0.1, -0.05) is 0 Å². The van der Waals surface area contributed by atoms with Gasteiger partial charge in [0.05, 0.1) is 23.9 Å². The van der Waals surface area contributed by atoms with Crippen LogP contribution in [0.5, 0.6) is 0 Å². The van der Waals surface area contributed by atoms with Crippen molar-refractivity contribution in [1.29, 1.82) is 0 Å². The van der Waals surface area contributed by atoms with Crippen LogP contribution in [0.15, 0.2) is 0 Å². The monoisotopic (exact) mass is 428 g/mol. The molecule has 22 N–H and O–H groups in total. The number of hydrogen-bond acceptors (Lipinski definition) is 14. The summed E-state index contributed by atoms with van der Waals surface area (Å²) in [5.74, 6) is -8.32. The van der Waals surface area contributed by atoms with Gasteiger partial charge in [-0.25, -0.2) is 0 Å². The first-order chi connectivity index (χ1) is 10.7. The Morgan fingerprint density at radius 3 is 0.607 bits per heavy atom. The maximum Gasteiger partial charge on any atom is 0.122 e. The molecule has 0 spiro atoms. The summed E-state index contributed by atoms with van der Waals surface area (Å²) in [5.41, 5.74) is 0. The van der Waals surface area contributed by atoms with Crippen LogP contribution in [0.25, 0.3) is 0 Å². The second kappa shape index (κ2) is 17.9. The third-order valence-electron chi connectivity index (χ3n) is 2.26. The molecule has 0 radical (unpaired) electrons. The van der Waals surface area contributed by atoms with Crippen molar-refractivity contribution >= 4 is 23.9 Å². The normalized spacial score (nSPS) is 15.4. The summed E-state index contributed by atoms with van der Waals surface area (Å²) in [5, 5.41) is 90.3. The maximum atomic E-state index is 9.82. The third kappa shape index (κ3) is 13.7. The first-order valence-corrected chi connectivity index (χ1v) is 5.67. The van der Waals surface area contributed by atoms with Crippen LogP contribution in [0.1, 0.15) is 0 Å². The van der Waals surface area contributed by atoms with E-state index in [-0.39, 0.29) is 24.6 Å². The zero-order chi connectivity index (χ0) is 19.8. The SMILES string of the molecule is O=C([O-])[C@@H](O)C(O)[C@@H](O)C(=O)[O-].O=C([O-])[C@@H](O)C(O)[C@@H](O)C(=O)[O-].[NH4+].[NH4+].[NH4+].[NH4+]. The Kier molecular flexibility index (Phi) is 25.7. The Hall–Kier alpha value is -2.52. The zero-order valence-corrected chi connectivity index (χ0v) is 15.4. The van der Waals surface area contributed by atoms with Gasteiger partial charge in [-0.3, -0.25) is 0 Å². The number of hydrogen-bond donors (Lipinski definition) is 10. The minimum atomic E-state index is -2.46. The average molecular weight is 428 g/mol. The summed E-state index contributed by atoms with van der Waals surface area (Å²) in [6, 6.07) is 0. The van der Waals surface area contributed by atoms with Crippen LogP contribution in [-0.2, 0) is 19.2 Å². The molecule has 28 heavy (non-hydrogen) atoms. The van der Waals surface area contributed by atoms with Gasteiger partial charge < -0.3 is 94.8 Å². The summed E-state index contributed by atoms with van der Waals surface area (Å²) in [4.78, 5) is 39.3. The average Bonchev–Trinajstić information content (AvgIpc) is 2.50. The Balaban J connectivity index is -0.0000000756. The molecule has 6 atom stereocenters. The highest BCUT2D eigenvalue weighted by molar-refractivity contribution is 5.75. The second-order valence-corrected chi connectivity index (χ2v) is 4.04. The van der Waals surface area contributed by atoms with Gasteiger partial charge in [0.2, 0.25) is 0 Å². The number of quaternary nitrogens is 4. The minimum absolute atomic E-state index is 0. The largest absolute Gasteiger partial charge is 0.547 e. The predicted octanol–water partition coefficient (Wildman–Crippen LogP) is -9.36. The molecular formula is C10H28N4O14. The number of aliphatic hydroxyl groups excluding tert-OH is 6. The molecule has 0 bridgehead atoms. The molecule has 0 heterocycles. The number of rotatable bonds is 8. The summed E-state index contributed by atoms with van der Waals surface area (Å²) in [6.07, 6.45) is -14.6. The molecule has 18 nitrogen and oxygen atoms in total. The van der Waals surface area contributed by atoms with E-state index in [1.54, 1.807) is 0 Å². The molecule has 0 aromatic rings. The van der Waals surface area contributed by atoms with Crippen molar-refractivity contribution in [2.75, 3.05) is 0 Å². The lowest BCUT2D eigenvalue weighted by atomic mass is 10.1. The molecule has 0 aromatic carbocycles. The topological polar surface area (TPSA) is 428 Å². The van der Waals surface area contributed by atoms with Crippen molar-refractivity contribution in [3.8, 4) is 0 Å². The van der Waals surface area contributed by atoms with Gasteiger partial charge in [-0.05, 0) is 0 Å². The molecule has 2 unspecified atom stereocenters. The van der Waals surface area contributed by atoms with Crippen LogP contribution >= 0.6 is 0 Å². The Labute approximate surface area is 156 Å². The van der Waals surface area contributed by atoms with E-state index >= 15 is 0 Å². The van der Waals surface area contributed by atoms with Crippen molar-refractivity contribution in [2.24, 2.45) is 0 Å². The molecule has 0 saturated carbocycles. The molecule has 0 rings (SSSR count). The number of aliphatic carboxylic acids is 4. The number of aliphatic hydroxyl groups is 6. The van der Waals surface area contributed by atoms with E-state index in [0.717, 1.165) is 0 Å². The van der Waals surface area contributed by atoms with Crippen LogP contribution in [0.4, 0.5) is 0 Å². The van der Waals surface area contributed by atoms with Gasteiger partial charge in [-0.2, -0.15) is 0 Å². The molecule has 0 saturated heterocycles. The van der Waals surface area contributed by atoms with Crippen molar-refractivity contribution < 1.29 is 70.2 Å². The van der Waals surface area contributed by atoms with Crippen LogP contribution in [-0.4, -0.2) is 91.1 Å². The highest BCUT2D eigenvalue weighted by atomic mass is 16.4. The summed E-state index contributed by atoms with van der Waals surface area (Å²) in [7, 11) is 0. The van der Waals surface area contributed by atoms with Gasteiger partial charge in [-0.15, -0.1) is 0 Å². The predicted molar refractivity (Wildman–Crippen MR) is 80.0 cm³/mol. The lowest BCUT2D eigenvalue weighted by Crippen LogP contribution is -2.53. The Bertz CT molecular complexity index is 395. The summed E-state index contributed by atoms with van der Waals surface area (Å²) < 4.78 is 0. The highest BCUT2D eigenvalue weighted by Gasteiger charge is 2.26. The molecule has 0 aliphatic heterocycles. The molecular weight excluding hydrogens is 400 g/mol. The standard InChI is InChI=1S/2C5H8O7.4H3N/c2*6-1(2(7)4(9)10)3(8)5(11)12;;;;/h2*1-3,6-8H,(H,9,10)(H,11,12);4*1H3/t2*1?,2-,3+;;;;. The number of carboxylic acids is 4. The third-order valence-corrected chi connectivity index (χ3v) is 2.26. The minimum Gasteiger partial charge on any atom is -0.547 e. The molecule has 0 fully saturated rings. The molecule has 172 valence electrons. The number of carbonyl (C=O) groups excluding carboxylic acids is 4. The van der Waals surface area contributed by atoms with Gasteiger partial charge in [0.1, 0.15) is 36.6 Å². The van der Waals surface area contributed by atoms with Crippen LogP contribution in [0.2, 0.25) is 0 Å². The number of carboxylic acid groups (broad SMARTS) is 4. The van der Waals surface area contributed by atoms with E-state index in [4.69, 9.17) is 30.6 Å². The first kappa shape index (κ1) is 40.2. The molecule has 0 aliphatic carbocycles. The fraction of sp³-hybridized carbons (Fsp3) is 0.600. The maximum absolute atomic E-state index is 9.82. The van der Waals surface area contributed by atoms with Crippen LogP contribution in [0, 0.1) is 0 Å². The quantitative estimate of drug-likeness (QED) is 0.171. The van der Waals surface area contributed by atoms with Gasteiger partial charge in [0.25, 0.3) is 0 Å².